The van der Waals surface area contributed by atoms with Gasteiger partial charge in [0, 0.05) is 6.08 Å². The molecule has 0 spiro atoms. The molecule has 0 N–H and O–H groups in total. The number of ether oxygens (including phenoxy) is 1. The molecule has 0 bridgehead atoms. The van der Waals surface area contributed by atoms with Gasteiger partial charge in [0.25, 0.3) is 0 Å². The van der Waals surface area contributed by atoms with Gasteiger partial charge in [-0.2, -0.15) is 0 Å². The fourth-order valence-electron chi connectivity index (χ4n) is 1.88. The standard InChI is InChI=1S/C11H20O2.C9H10/c1-4-7-8-10(5-2)9-13-11(12)6-3;1-8(2)9-6-4-3-5-7-9/h6,10H,3-5,7-9H2,1-2H3;3-7H,1H2,2H3. The molecule has 0 aliphatic heterocycles. The van der Waals surface area contributed by atoms with E-state index < -0.39 is 0 Å². The Kier molecular flexibility index (Phi) is 11.8. The summed E-state index contributed by atoms with van der Waals surface area (Å²) in [6.07, 6.45) is 5.85. The minimum Gasteiger partial charge on any atom is -0.462 e. The average Bonchev–Trinajstić information content (AvgIpc) is 2.56. The van der Waals surface area contributed by atoms with Gasteiger partial charge in [0.2, 0.25) is 0 Å². The molecule has 0 aliphatic carbocycles. The number of hydrogen-bond donors (Lipinski definition) is 0. The number of esters is 1. The van der Waals surface area contributed by atoms with Crippen LogP contribution in [0, 0.1) is 5.92 Å². The van der Waals surface area contributed by atoms with Crippen LogP contribution in [0.25, 0.3) is 5.57 Å². The summed E-state index contributed by atoms with van der Waals surface area (Å²) in [5.41, 5.74) is 2.34. The highest BCUT2D eigenvalue weighted by atomic mass is 16.5. The topological polar surface area (TPSA) is 26.3 Å². The number of rotatable bonds is 8. The zero-order valence-corrected chi connectivity index (χ0v) is 14.3. The molecule has 122 valence electrons. The summed E-state index contributed by atoms with van der Waals surface area (Å²) in [6, 6.07) is 10.2. The van der Waals surface area contributed by atoms with E-state index in [0.717, 1.165) is 18.4 Å². The Hall–Kier alpha value is -1.83. The molecule has 0 saturated carbocycles. The van der Waals surface area contributed by atoms with Gasteiger partial charge in [-0.15, -0.1) is 0 Å². The number of allylic oxidation sites excluding steroid dienone is 1. The second kappa shape index (κ2) is 12.9. The smallest absolute Gasteiger partial charge is 0.330 e. The number of carbonyl (C=O) groups is 1. The second-order valence-corrected chi connectivity index (χ2v) is 5.40. The number of unbranched alkanes of at least 4 members (excludes halogenated alkanes) is 1. The number of hydrogen-bond acceptors (Lipinski definition) is 2. The Bertz CT molecular complexity index is 434. The zero-order valence-electron chi connectivity index (χ0n) is 14.3. The van der Waals surface area contributed by atoms with Crippen LogP contribution in [-0.2, 0) is 9.53 Å². The van der Waals surface area contributed by atoms with Crippen LogP contribution >= 0.6 is 0 Å². The summed E-state index contributed by atoms with van der Waals surface area (Å²) in [5, 5.41) is 0. The van der Waals surface area contributed by atoms with Crippen molar-refractivity contribution in [1.82, 2.24) is 0 Å². The Morgan fingerprint density at radius 2 is 1.91 bits per heavy atom. The lowest BCUT2D eigenvalue weighted by Gasteiger charge is -2.13. The maximum Gasteiger partial charge on any atom is 0.330 e. The maximum atomic E-state index is 10.8. The quantitative estimate of drug-likeness (QED) is 0.458. The molecule has 0 amide bonds. The van der Waals surface area contributed by atoms with Crippen molar-refractivity contribution in [2.45, 2.75) is 46.5 Å². The lowest BCUT2D eigenvalue weighted by Crippen LogP contribution is -2.12. The van der Waals surface area contributed by atoms with Gasteiger partial charge in [0.15, 0.2) is 0 Å². The van der Waals surface area contributed by atoms with Crippen molar-refractivity contribution in [2.24, 2.45) is 5.92 Å². The highest BCUT2D eigenvalue weighted by Gasteiger charge is 2.07. The summed E-state index contributed by atoms with van der Waals surface area (Å²) < 4.78 is 4.98. The van der Waals surface area contributed by atoms with E-state index in [1.807, 2.05) is 25.1 Å². The highest BCUT2D eigenvalue weighted by Crippen LogP contribution is 2.12. The fourth-order valence-corrected chi connectivity index (χ4v) is 1.88. The van der Waals surface area contributed by atoms with E-state index in [4.69, 9.17) is 4.74 Å². The zero-order chi connectivity index (χ0) is 16.8. The molecular formula is C20H30O2. The first-order valence-corrected chi connectivity index (χ1v) is 8.05. The van der Waals surface area contributed by atoms with Gasteiger partial charge in [-0.1, -0.05) is 82.2 Å². The highest BCUT2D eigenvalue weighted by molar-refractivity contribution is 5.81. The van der Waals surface area contributed by atoms with Crippen LogP contribution in [0.2, 0.25) is 0 Å². The first kappa shape index (κ1) is 20.2. The van der Waals surface area contributed by atoms with E-state index in [1.54, 1.807) is 0 Å². The third-order valence-corrected chi connectivity index (χ3v) is 3.44. The Balaban J connectivity index is 0.000000425. The predicted molar refractivity (Wildman–Crippen MR) is 95.6 cm³/mol. The van der Waals surface area contributed by atoms with Gasteiger partial charge in [0.05, 0.1) is 6.61 Å². The van der Waals surface area contributed by atoms with Crippen LogP contribution in [0.5, 0.6) is 0 Å². The van der Waals surface area contributed by atoms with Crippen molar-refractivity contribution >= 4 is 11.5 Å². The third kappa shape index (κ3) is 9.98. The Morgan fingerprint density at radius 3 is 2.32 bits per heavy atom. The van der Waals surface area contributed by atoms with Gasteiger partial charge in [0.1, 0.15) is 0 Å². The molecule has 0 aliphatic rings. The molecule has 0 radical (unpaired) electrons. The molecule has 0 aromatic heterocycles. The molecule has 1 unspecified atom stereocenters. The van der Waals surface area contributed by atoms with E-state index in [9.17, 15) is 4.79 Å². The lowest BCUT2D eigenvalue weighted by molar-refractivity contribution is -0.139. The first-order valence-electron chi connectivity index (χ1n) is 8.05. The van der Waals surface area contributed by atoms with Crippen molar-refractivity contribution in [3.63, 3.8) is 0 Å². The van der Waals surface area contributed by atoms with E-state index in [2.05, 4.69) is 39.1 Å². The monoisotopic (exact) mass is 302 g/mol. The summed E-state index contributed by atoms with van der Waals surface area (Å²) >= 11 is 0. The van der Waals surface area contributed by atoms with Crippen molar-refractivity contribution in [3.05, 3.63) is 55.1 Å². The van der Waals surface area contributed by atoms with E-state index in [-0.39, 0.29) is 5.97 Å². The van der Waals surface area contributed by atoms with Gasteiger partial charge in [-0.05, 0) is 24.8 Å². The molecule has 1 aromatic rings. The normalized spacial score (nSPS) is 10.9. The minimum atomic E-state index is -0.310. The van der Waals surface area contributed by atoms with Crippen LogP contribution < -0.4 is 0 Å². The van der Waals surface area contributed by atoms with Crippen LogP contribution in [0.15, 0.2) is 49.6 Å². The SMILES string of the molecule is C=C(C)c1ccccc1.C=CC(=O)OCC(CC)CCCC. The van der Waals surface area contributed by atoms with Gasteiger partial charge in [-0.25, -0.2) is 4.79 Å². The lowest BCUT2D eigenvalue weighted by atomic mass is 10.0. The average molecular weight is 302 g/mol. The summed E-state index contributed by atoms with van der Waals surface area (Å²) in [4.78, 5) is 10.8. The van der Waals surface area contributed by atoms with Gasteiger partial charge in [-0.3, -0.25) is 0 Å². The number of benzene rings is 1. The minimum absolute atomic E-state index is 0.310. The first-order chi connectivity index (χ1) is 10.5. The molecule has 0 heterocycles. The van der Waals surface area contributed by atoms with Crippen molar-refractivity contribution in [2.75, 3.05) is 6.61 Å². The molecule has 1 rings (SSSR count). The summed E-state index contributed by atoms with van der Waals surface area (Å²) in [5.74, 6) is 0.207. The molecule has 0 saturated heterocycles. The van der Waals surface area contributed by atoms with Crippen LogP contribution in [0.1, 0.15) is 52.0 Å². The molecule has 0 fully saturated rings. The van der Waals surface area contributed by atoms with Crippen molar-refractivity contribution in [3.8, 4) is 0 Å². The summed E-state index contributed by atoms with van der Waals surface area (Å²) in [6.45, 7) is 14.0. The second-order valence-electron chi connectivity index (χ2n) is 5.40. The Morgan fingerprint density at radius 1 is 1.27 bits per heavy atom. The third-order valence-electron chi connectivity index (χ3n) is 3.44. The summed E-state index contributed by atoms with van der Waals surface area (Å²) in [7, 11) is 0. The Labute approximate surface area is 135 Å². The maximum absolute atomic E-state index is 10.8. The molecule has 1 atom stereocenters. The van der Waals surface area contributed by atoms with Gasteiger partial charge >= 0.3 is 5.97 Å². The largest absolute Gasteiger partial charge is 0.462 e. The molecule has 1 aromatic carbocycles. The van der Waals surface area contributed by atoms with Crippen LogP contribution in [0.3, 0.4) is 0 Å². The molecule has 2 nitrogen and oxygen atoms in total. The van der Waals surface area contributed by atoms with Crippen molar-refractivity contribution in [1.29, 1.82) is 0 Å². The molecule has 22 heavy (non-hydrogen) atoms. The van der Waals surface area contributed by atoms with Crippen LogP contribution in [-0.4, -0.2) is 12.6 Å². The van der Waals surface area contributed by atoms with Crippen molar-refractivity contribution < 1.29 is 9.53 Å². The van der Waals surface area contributed by atoms with E-state index in [1.165, 1.54) is 24.5 Å². The molecule has 2 heteroatoms. The number of carbonyl (C=O) groups excluding carboxylic acids is 1. The van der Waals surface area contributed by atoms with E-state index in [0.29, 0.717) is 12.5 Å². The van der Waals surface area contributed by atoms with Crippen LogP contribution in [0.4, 0.5) is 0 Å². The predicted octanol–water partition coefficient (Wildman–Crippen LogP) is 5.65. The fraction of sp³-hybridized carbons (Fsp3) is 0.450. The molecular weight excluding hydrogens is 272 g/mol. The van der Waals surface area contributed by atoms with E-state index >= 15 is 0 Å². The van der Waals surface area contributed by atoms with Gasteiger partial charge < -0.3 is 4.74 Å².